The Hall–Kier alpha value is -2.34. The highest BCUT2D eigenvalue weighted by Crippen LogP contribution is 2.25. The van der Waals surface area contributed by atoms with Crippen LogP contribution in [0, 0.1) is 0 Å². The first-order chi connectivity index (χ1) is 11.8. The van der Waals surface area contributed by atoms with Crippen molar-refractivity contribution in [3.8, 4) is 0 Å². The number of carbonyl (C=O) groups is 1. The summed E-state index contributed by atoms with van der Waals surface area (Å²) in [6.45, 7) is 3.81. The van der Waals surface area contributed by atoms with Gasteiger partial charge in [0.25, 0.3) is 0 Å². The zero-order chi connectivity index (χ0) is 16.8. The molecule has 0 bridgehead atoms. The van der Waals surface area contributed by atoms with Crippen molar-refractivity contribution in [3.63, 3.8) is 0 Å². The van der Waals surface area contributed by atoms with E-state index in [9.17, 15) is 4.79 Å². The summed E-state index contributed by atoms with van der Waals surface area (Å²) >= 11 is 0. The predicted molar refractivity (Wildman–Crippen MR) is 92.9 cm³/mol. The van der Waals surface area contributed by atoms with Crippen LogP contribution in [0.25, 0.3) is 0 Å². The lowest BCUT2D eigenvalue weighted by atomic mass is 9.98. The number of nitrogens with one attached hydrogen (secondary N) is 3. The summed E-state index contributed by atoms with van der Waals surface area (Å²) < 4.78 is 5.07. The number of H-pyrrole nitrogens is 1. The minimum atomic E-state index is -0.342. The largest absolute Gasteiger partial charge is 0.461 e. The van der Waals surface area contributed by atoms with Gasteiger partial charge in [-0.2, -0.15) is 0 Å². The molecule has 3 N–H and O–H groups in total. The Morgan fingerprint density at radius 1 is 1.42 bits per heavy atom. The van der Waals surface area contributed by atoms with Gasteiger partial charge >= 0.3 is 5.97 Å². The Labute approximate surface area is 142 Å². The number of anilines is 1. The van der Waals surface area contributed by atoms with Gasteiger partial charge in [-0.15, -0.1) is 0 Å². The van der Waals surface area contributed by atoms with Crippen LogP contribution < -0.4 is 10.6 Å². The fourth-order valence-corrected chi connectivity index (χ4v) is 3.08. The van der Waals surface area contributed by atoms with Crippen LogP contribution >= 0.6 is 0 Å². The number of esters is 1. The molecular formula is C18H24N4O2. The molecule has 1 unspecified atom stereocenters. The van der Waals surface area contributed by atoms with E-state index in [1.165, 1.54) is 12.8 Å². The number of hydrogen-bond donors (Lipinski definition) is 3. The van der Waals surface area contributed by atoms with Gasteiger partial charge in [-0.25, -0.2) is 4.79 Å². The van der Waals surface area contributed by atoms with Crippen molar-refractivity contribution in [1.29, 1.82) is 0 Å². The van der Waals surface area contributed by atoms with Crippen molar-refractivity contribution in [2.75, 3.05) is 18.5 Å². The summed E-state index contributed by atoms with van der Waals surface area (Å²) in [5.74, 6) is -0.342. The highest BCUT2D eigenvalue weighted by Gasteiger charge is 2.19. The highest BCUT2D eigenvalue weighted by molar-refractivity contribution is 5.93. The van der Waals surface area contributed by atoms with Crippen LogP contribution in [0.4, 0.5) is 5.69 Å². The standard InChI is InChI=1S/C18H24N4O2/c1-2-24-18(23)17-15(8-11-21-17)22-12-13-6-5-10-20-16(13)14-7-3-4-9-19-14/h5-6,8,10-11,14,19,21-22H,2-4,7,9,12H2,1H3. The van der Waals surface area contributed by atoms with Gasteiger partial charge in [0.1, 0.15) is 5.69 Å². The van der Waals surface area contributed by atoms with Crippen LogP contribution in [0.5, 0.6) is 0 Å². The number of aromatic amines is 1. The summed E-state index contributed by atoms with van der Waals surface area (Å²) in [6.07, 6.45) is 7.15. The lowest BCUT2D eigenvalue weighted by Gasteiger charge is -2.25. The molecule has 0 aliphatic carbocycles. The first-order valence-electron chi connectivity index (χ1n) is 8.55. The Kier molecular flexibility index (Phi) is 5.48. The van der Waals surface area contributed by atoms with Crippen LogP contribution in [0.1, 0.15) is 54.0 Å². The summed E-state index contributed by atoms with van der Waals surface area (Å²) in [6, 6.07) is 6.20. The molecule has 0 amide bonds. The topological polar surface area (TPSA) is 79.0 Å². The minimum Gasteiger partial charge on any atom is -0.461 e. The molecule has 2 aromatic heterocycles. The Morgan fingerprint density at radius 3 is 3.12 bits per heavy atom. The first kappa shape index (κ1) is 16.5. The van der Waals surface area contributed by atoms with E-state index in [0.29, 0.717) is 24.9 Å². The lowest BCUT2D eigenvalue weighted by molar-refractivity contribution is 0.0521. The Balaban J connectivity index is 1.71. The smallest absolute Gasteiger partial charge is 0.356 e. The second-order valence-electron chi connectivity index (χ2n) is 5.89. The van der Waals surface area contributed by atoms with Crippen molar-refractivity contribution in [1.82, 2.24) is 15.3 Å². The SMILES string of the molecule is CCOC(=O)c1[nH]ccc1NCc1cccnc1C1CCCCN1. The van der Waals surface area contributed by atoms with Gasteiger partial charge in [0.05, 0.1) is 18.0 Å². The van der Waals surface area contributed by atoms with E-state index in [2.05, 4.69) is 26.7 Å². The van der Waals surface area contributed by atoms with Crippen LogP contribution in [0.15, 0.2) is 30.6 Å². The summed E-state index contributed by atoms with van der Waals surface area (Å²) in [4.78, 5) is 19.5. The Bertz CT molecular complexity index is 677. The van der Waals surface area contributed by atoms with Crippen molar-refractivity contribution < 1.29 is 9.53 Å². The third-order valence-corrected chi connectivity index (χ3v) is 4.26. The monoisotopic (exact) mass is 328 g/mol. The molecular weight excluding hydrogens is 304 g/mol. The number of pyridine rings is 1. The van der Waals surface area contributed by atoms with Crippen LogP contribution in [0.2, 0.25) is 0 Å². The molecule has 3 heterocycles. The molecule has 1 saturated heterocycles. The molecule has 0 radical (unpaired) electrons. The van der Waals surface area contributed by atoms with Crippen molar-refractivity contribution in [2.45, 2.75) is 38.8 Å². The van der Waals surface area contributed by atoms with Crippen molar-refractivity contribution >= 4 is 11.7 Å². The number of nitrogens with zero attached hydrogens (tertiary/aromatic N) is 1. The van der Waals surface area contributed by atoms with Gasteiger partial charge in [-0.1, -0.05) is 12.5 Å². The van der Waals surface area contributed by atoms with Crippen LogP contribution in [-0.2, 0) is 11.3 Å². The molecule has 3 rings (SSSR count). The van der Waals surface area contributed by atoms with E-state index < -0.39 is 0 Å². The van der Waals surface area contributed by atoms with E-state index in [-0.39, 0.29) is 5.97 Å². The molecule has 0 aromatic carbocycles. The number of rotatable bonds is 6. The highest BCUT2D eigenvalue weighted by atomic mass is 16.5. The number of hydrogen-bond acceptors (Lipinski definition) is 5. The van der Waals surface area contributed by atoms with E-state index in [4.69, 9.17) is 4.74 Å². The van der Waals surface area contributed by atoms with Gasteiger partial charge in [-0.3, -0.25) is 4.98 Å². The zero-order valence-corrected chi connectivity index (χ0v) is 14.0. The average molecular weight is 328 g/mol. The maximum atomic E-state index is 11.9. The molecule has 0 saturated carbocycles. The molecule has 6 heteroatoms. The normalized spacial score (nSPS) is 17.5. The van der Waals surface area contributed by atoms with E-state index >= 15 is 0 Å². The summed E-state index contributed by atoms with van der Waals surface area (Å²) in [5, 5.41) is 6.87. The molecule has 1 aliphatic rings. The zero-order valence-electron chi connectivity index (χ0n) is 14.0. The van der Waals surface area contributed by atoms with Gasteiger partial charge in [0, 0.05) is 25.0 Å². The molecule has 1 aliphatic heterocycles. The summed E-state index contributed by atoms with van der Waals surface area (Å²) in [7, 11) is 0. The molecule has 1 atom stereocenters. The quantitative estimate of drug-likeness (QED) is 0.710. The van der Waals surface area contributed by atoms with Gasteiger partial charge in [-0.05, 0) is 44.0 Å². The van der Waals surface area contributed by atoms with E-state index in [0.717, 1.165) is 29.9 Å². The van der Waals surface area contributed by atoms with E-state index in [1.54, 1.807) is 13.1 Å². The number of carbonyl (C=O) groups excluding carboxylic acids is 1. The Morgan fingerprint density at radius 2 is 2.33 bits per heavy atom. The fraction of sp³-hybridized carbons (Fsp3) is 0.444. The maximum absolute atomic E-state index is 11.9. The second kappa shape index (κ2) is 7.97. The van der Waals surface area contributed by atoms with Gasteiger partial charge in [0.2, 0.25) is 0 Å². The second-order valence-corrected chi connectivity index (χ2v) is 5.89. The van der Waals surface area contributed by atoms with E-state index in [1.807, 2.05) is 18.3 Å². The lowest BCUT2D eigenvalue weighted by Crippen LogP contribution is -2.28. The molecule has 6 nitrogen and oxygen atoms in total. The number of aromatic nitrogens is 2. The third kappa shape index (κ3) is 3.76. The molecule has 0 spiro atoms. The van der Waals surface area contributed by atoms with Crippen LogP contribution in [-0.4, -0.2) is 29.1 Å². The van der Waals surface area contributed by atoms with Crippen LogP contribution in [0.3, 0.4) is 0 Å². The average Bonchev–Trinajstić information content (AvgIpc) is 3.10. The molecule has 24 heavy (non-hydrogen) atoms. The van der Waals surface area contributed by atoms with Crippen molar-refractivity contribution in [3.05, 3.63) is 47.5 Å². The molecule has 128 valence electrons. The maximum Gasteiger partial charge on any atom is 0.356 e. The first-order valence-corrected chi connectivity index (χ1v) is 8.55. The fourth-order valence-electron chi connectivity index (χ4n) is 3.08. The third-order valence-electron chi connectivity index (χ3n) is 4.26. The molecule has 1 fully saturated rings. The number of piperidine rings is 1. The number of ether oxygens (including phenoxy) is 1. The minimum absolute atomic E-state index is 0.313. The predicted octanol–water partition coefficient (Wildman–Crippen LogP) is 3.01. The van der Waals surface area contributed by atoms with Gasteiger partial charge in [0.15, 0.2) is 0 Å². The molecule has 2 aromatic rings. The van der Waals surface area contributed by atoms with Gasteiger partial charge < -0.3 is 20.4 Å². The summed E-state index contributed by atoms with van der Waals surface area (Å²) in [5.41, 5.74) is 3.45. The van der Waals surface area contributed by atoms with Crippen molar-refractivity contribution in [2.24, 2.45) is 0 Å².